The third-order valence-corrected chi connectivity index (χ3v) is 3.88. The van der Waals surface area contributed by atoms with E-state index in [1.807, 2.05) is 6.92 Å². The number of ether oxygens (including phenoxy) is 1. The van der Waals surface area contributed by atoms with Crippen LogP contribution in [0.5, 0.6) is 0 Å². The van der Waals surface area contributed by atoms with E-state index in [1.54, 1.807) is 0 Å². The van der Waals surface area contributed by atoms with Gasteiger partial charge in [-0.05, 0) is 27.8 Å². The summed E-state index contributed by atoms with van der Waals surface area (Å²) in [6.45, 7) is 7.87. The fraction of sp³-hybridized carbons (Fsp3) is 0.667. The first kappa shape index (κ1) is 14.9. The van der Waals surface area contributed by atoms with Gasteiger partial charge >= 0.3 is 5.97 Å². The summed E-state index contributed by atoms with van der Waals surface area (Å²) >= 11 is 1.34. The molecule has 6 heteroatoms. The molecular weight excluding hydrogens is 250 g/mol. The van der Waals surface area contributed by atoms with Crippen molar-refractivity contribution in [3.63, 3.8) is 0 Å². The summed E-state index contributed by atoms with van der Waals surface area (Å²) in [6, 6.07) is 0.524. The lowest BCUT2D eigenvalue weighted by Gasteiger charge is -2.20. The maximum atomic E-state index is 11.4. The first-order valence-electron chi connectivity index (χ1n) is 5.95. The minimum Gasteiger partial charge on any atom is -0.465 e. The van der Waals surface area contributed by atoms with Gasteiger partial charge in [0, 0.05) is 19.1 Å². The number of nitrogens with zero attached hydrogens (tertiary/aromatic N) is 2. The largest absolute Gasteiger partial charge is 0.465 e. The van der Waals surface area contributed by atoms with E-state index in [4.69, 9.17) is 4.74 Å². The molecule has 0 aliphatic rings. The van der Waals surface area contributed by atoms with Gasteiger partial charge in [0.2, 0.25) is 0 Å². The van der Waals surface area contributed by atoms with Gasteiger partial charge in [-0.3, -0.25) is 0 Å². The minimum absolute atomic E-state index is 0.322. The first-order valence-corrected chi connectivity index (χ1v) is 6.77. The monoisotopic (exact) mass is 271 g/mol. The molecule has 0 saturated carbocycles. The number of hydrogen-bond donors (Lipinski definition) is 1. The number of thiazole rings is 1. The number of methoxy groups -OCH3 is 1. The second-order valence-electron chi connectivity index (χ2n) is 4.43. The Kier molecular flexibility index (Phi) is 5.55. The molecule has 0 fully saturated rings. The highest BCUT2D eigenvalue weighted by Gasteiger charge is 2.15. The van der Waals surface area contributed by atoms with Crippen LogP contribution >= 0.6 is 11.3 Å². The zero-order valence-electron chi connectivity index (χ0n) is 11.6. The Morgan fingerprint density at radius 1 is 1.56 bits per heavy atom. The molecule has 5 nitrogen and oxygen atoms in total. The van der Waals surface area contributed by atoms with Gasteiger partial charge in [0.1, 0.15) is 4.88 Å². The predicted molar refractivity (Wildman–Crippen MR) is 74.4 cm³/mol. The molecule has 0 atom stereocenters. The lowest BCUT2D eigenvalue weighted by molar-refractivity contribution is 0.0605. The Bertz CT molecular complexity index is 404. The maximum absolute atomic E-state index is 11.4. The van der Waals surface area contributed by atoms with E-state index < -0.39 is 0 Å². The summed E-state index contributed by atoms with van der Waals surface area (Å²) in [4.78, 5) is 18.6. The SMILES string of the molecule is COC(=O)c1sc(NCCN(C)C(C)C)nc1C. The smallest absolute Gasteiger partial charge is 0.350 e. The minimum atomic E-state index is -0.322. The molecular formula is C12H21N3O2S. The molecule has 1 rings (SSSR count). The summed E-state index contributed by atoms with van der Waals surface area (Å²) in [5.41, 5.74) is 0.714. The van der Waals surface area contributed by atoms with Gasteiger partial charge in [-0.1, -0.05) is 11.3 Å². The van der Waals surface area contributed by atoms with Crippen LogP contribution < -0.4 is 5.32 Å². The van der Waals surface area contributed by atoms with Crippen molar-refractivity contribution < 1.29 is 9.53 Å². The van der Waals surface area contributed by atoms with Crippen LogP contribution in [0.1, 0.15) is 29.2 Å². The van der Waals surface area contributed by atoms with E-state index in [2.05, 4.69) is 36.1 Å². The van der Waals surface area contributed by atoms with E-state index in [0.29, 0.717) is 16.6 Å². The third-order valence-electron chi connectivity index (χ3n) is 2.79. The van der Waals surface area contributed by atoms with E-state index in [9.17, 15) is 4.79 Å². The Labute approximate surface area is 112 Å². The molecule has 0 aliphatic heterocycles. The van der Waals surface area contributed by atoms with Gasteiger partial charge in [-0.2, -0.15) is 0 Å². The van der Waals surface area contributed by atoms with Gasteiger partial charge in [-0.25, -0.2) is 9.78 Å². The summed E-state index contributed by atoms with van der Waals surface area (Å²) in [7, 11) is 3.46. The Hall–Kier alpha value is -1.14. The van der Waals surface area contributed by atoms with Crippen LogP contribution in [0.2, 0.25) is 0 Å². The quantitative estimate of drug-likeness (QED) is 0.802. The molecule has 0 spiro atoms. The molecule has 0 amide bonds. The summed E-state index contributed by atoms with van der Waals surface area (Å²) in [5, 5.41) is 4.00. The molecule has 1 N–H and O–H groups in total. The number of aryl methyl sites for hydroxylation is 1. The number of hydrogen-bond acceptors (Lipinski definition) is 6. The predicted octanol–water partition coefficient (Wildman–Crippen LogP) is 1.99. The van der Waals surface area contributed by atoms with E-state index >= 15 is 0 Å². The first-order chi connectivity index (χ1) is 8.45. The van der Waals surface area contributed by atoms with Crippen molar-refractivity contribution in [2.75, 3.05) is 32.6 Å². The average molecular weight is 271 g/mol. The Morgan fingerprint density at radius 3 is 2.78 bits per heavy atom. The fourth-order valence-electron chi connectivity index (χ4n) is 1.35. The molecule has 1 heterocycles. The molecule has 18 heavy (non-hydrogen) atoms. The average Bonchev–Trinajstić information content (AvgIpc) is 2.69. The van der Waals surface area contributed by atoms with Crippen LogP contribution in [-0.4, -0.2) is 49.1 Å². The molecule has 0 unspecified atom stereocenters. The van der Waals surface area contributed by atoms with E-state index in [1.165, 1.54) is 18.4 Å². The number of carbonyl (C=O) groups is 1. The van der Waals surface area contributed by atoms with Crippen molar-refractivity contribution in [2.24, 2.45) is 0 Å². The molecule has 0 saturated heterocycles. The molecule has 0 aliphatic carbocycles. The van der Waals surface area contributed by atoms with Crippen LogP contribution in [0.3, 0.4) is 0 Å². The van der Waals surface area contributed by atoms with Crippen LogP contribution in [0.4, 0.5) is 5.13 Å². The normalized spacial score (nSPS) is 11.1. The highest BCUT2D eigenvalue weighted by Crippen LogP contribution is 2.22. The molecule has 102 valence electrons. The van der Waals surface area contributed by atoms with Crippen LogP contribution in [0.15, 0.2) is 0 Å². The number of esters is 1. The van der Waals surface area contributed by atoms with Gasteiger partial charge < -0.3 is 15.0 Å². The van der Waals surface area contributed by atoms with E-state index in [-0.39, 0.29) is 5.97 Å². The van der Waals surface area contributed by atoms with Crippen LogP contribution in [0, 0.1) is 6.92 Å². The number of aromatic nitrogens is 1. The number of rotatable bonds is 6. The topological polar surface area (TPSA) is 54.5 Å². The van der Waals surface area contributed by atoms with Crippen molar-refractivity contribution in [2.45, 2.75) is 26.8 Å². The summed E-state index contributed by atoms with van der Waals surface area (Å²) in [6.07, 6.45) is 0. The Balaban J connectivity index is 2.51. The van der Waals surface area contributed by atoms with Crippen molar-refractivity contribution in [1.29, 1.82) is 0 Å². The lowest BCUT2D eigenvalue weighted by atomic mass is 10.3. The number of anilines is 1. The molecule has 1 aromatic heterocycles. The van der Waals surface area contributed by atoms with Gasteiger partial charge in [0.15, 0.2) is 5.13 Å². The van der Waals surface area contributed by atoms with Gasteiger partial charge in [-0.15, -0.1) is 0 Å². The standard InChI is InChI=1S/C12H21N3O2S/c1-8(2)15(4)7-6-13-12-14-9(3)10(18-12)11(16)17-5/h8H,6-7H2,1-5H3,(H,13,14). The third kappa shape index (κ3) is 3.96. The van der Waals surface area contributed by atoms with Crippen LogP contribution in [-0.2, 0) is 4.74 Å². The highest BCUT2D eigenvalue weighted by molar-refractivity contribution is 7.17. The van der Waals surface area contributed by atoms with Gasteiger partial charge in [0.05, 0.1) is 12.8 Å². The molecule has 0 radical (unpaired) electrons. The van der Waals surface area contributed by atoms with Gasteiger partial charge in [0.25, 0.3) is 0 Å². The highest BCUT2D eigenvalue weighted by atomic mass is 32.1. The van der Waals surface area contributed by atoms with Crippen molar-refractivity contribution >= 4 is 22.4 Å². The number of likely N-dealkylation sites (N-methyl/N-ethyl adjacent to an activating group) is 1. The lowest BCUT2D eigenvalue weighted by Crippen LogP contribution is -2.31. The Morgan fingerprint density at radius 2 is 2.22 bits per heavy atom. The second kappa shape index (κ2) is 6.70. The van der Waals surface area contributed by atoms with Crippen molar-refractivity contribution in [1.82, 2.24) is 9.88 Å². The van der Waals surface area contributed by atoms with Crippen molar-refractivity contribution in [3.05, 3.63) is 10.6 Å². The molecule has 0 bridgehead atoms. The number of carbonyl (C=O) groups excluding carboxylic acids is 1. The van der Waals surface area contributed by atoms with E-state index in [0.717, 1.165) is 18.2 Å². The second-order valence-corrected chi connectivity index (χ2v) is 5.43. The van der Waals surface area contributed by atoms with Crippen molar-refractivity contribution in [3.8, 4) is 0 Å². The molecule has 1 aromatic rings. The zero-order valence-corrected chi connectivity index (χ0v) is 12.4. The fourth-order valence-corrected chi connectivity index (χ4v) is 2.26. The van der Waals surface area contributed by atoms with Crippen LogP contribution in [0.25, 0.3) is 0 Å². The zero-order chi connectivity index (χ0) is 13.7. The summed E-state index contributed by atoms with van der Waals surface area (Å²) in [5.74, 6) is -0.322. The number of nitrogens with one attached hydrogen (secondary N) is 1. The molecule has 0 aromatic carbocycles. The summed E-state index contributed by atoms with van der Waals surface area (Å²) < 4.78 is 4.70. The maximum Gasteiger partial charge on any atom is 0.350 e.